The highest BCUT2D eigenvalue weighted by molar-refractivity contribution is 5.67. The largest absolute Gasteiger partial charge is 0.481 e. The van der Waals surface area contributed by atoms with E-state index in [1.807, 2.05) is 0 Å². The van der Waals surface area contributed by atoms with Crippen molar-refractivity contribution in [3.05, 3.63) is 34.1 Å². The third-order valence-corrected chi connectivity index (χ3v) is 2.36. The molecule has 98 valence electrons. The van der Waals surface area contributed by atoms with Crippen LogP contribution in [0.5, 0.6) is 0 Å². The number of nitrogens with zero attached hydrogens (tertiary/aromatic N) is 1. The van der Waals surface area contributed by atoms with Gasteiger partial charge in [-0.2, -0.15) is 4.39 Å². The molecule has 0 heterocycles. The van der Waals surface area contributed by atoms with Gasteiger partial charge in [0.25, 0.3) is 0 Å². The number of nitrogens with one attached hydrogen (secondary N) is 1. The number of anilines is 1. The first kappa shape index (κ1) is 13.9. The smallest absolute Gasteiger partial charge is 0.327 e. The monoisotopic (exact) mass is 256 g/mol. The zero-order chi connectivity index (χ0) is 13.7. The molecule has 0 amide bonds. The SMILES string of the molecule is CC(CCC(=O)O)Nc1cccc(F)c1[N+](=O)[O-]. The van der Waals surface area contributed by atoms with Gasteiger partial charge in [-0.3, -0.25) is 14.9 Å². The van der Waals surface area contributed by atoms with Gasteiger partial charge in [0.05, 0.1) is 4.92 Å². The molecule has 0 saturated heterocycles. The zero-order valence-corrected chi connectivity index (χ0v) is 9.72. The summed E-state index contributed by atoms with van der Waals surface area (Å²) >= 11 is 0. The number of carbonyl (C=O) groups is 1. The van der Waals surface area contributed by atoms with Crippen LogP contribution in [0, 0.1) is 15.9 Å². The van der Waals surface area contributed by atoms with E-state index >= 15 is 0 Å². The summed E-state index contributed by atoms with van der Waals surface area (Å²) in [6.45, 7) is 1.68. The van der Waals surface area contributed by atoms with E-state index in [4.69, 9.17) is 5.11 Å². The van der Waals surface area contributed by atoms with Crippen molar-refractivity contribution in [3.8, 4) is 0 Å². The number of para-hydroxylation sites is 1. The van der Waals surface area contributed by atoms with Crippen LogP contribution >= 0.6 is 0 Å². The lowest BCUT2D eigenvalue weighted by molar-refractivity contribution is -0.386. The lowest BCUT2D eigenvalue weighted by atomic mass is 10.1. The molecule has 6 nitrogen and oxygen atoms in total. The van der Waals surface area contributed by atoms with Crippen molar-refractivity contribution < 1.29 is 19.2 Å². The summed E-state index contributed by atoms with van der Waals surface area (Å²) in [5, 5.41) is 22.0. The van der Waals surface area contributed by atoms with Crippen LogP contribution in [0.15, 0.2) is 18.2 Å². The molecule has 0 aromatic heterocycles. The van der Waals surface area contributed by atoms with E-state index in [1.54, 1.807) is 6.92 Å². The first-order valence-electron chi connectivity index (χ1n) is 5.33. The molecule has 2 N–H and O–H groups in total. The number of carboxylic acid groups (broad SMARTS) is 1. The molecule has 0 fully saturated rings. The predicted octanol–water partition coefficient (Wildman–Crippen LogP) is 2.40. The van der Waals surface area contributed by atoms with Gasteiger partial charge in [0.15, 0.2) is 0 Å². The Labute approximate surface area is 103 Å². The molecular formula is C11H13FN2O4. The van der Waals surface area contributed by atoms with Gasteiger partial charge < -0.3 is 10.4 Å². The van der Waals surface area contributed by atoms with E-state index in [2.05, 4.69) is 5.32 Å². The Morgan fingerprint density at radius 3 is 2.83 bits per heavy atom. The Morgan fingerprint density at radius 2 is 2.28 bits per heavy atom. The molecule has 0 aliphatic rings. The van der Waals surface area contributed by atoms with Crippen LogP contribution in [0.2, 0.25) is 0 Å². The normalized spacial score (nSPS) is 11.9. The Kier molecular flexibility index (Phi) is 4.59. The van der Waals surface area contributed by atoms with Crippen molar-refractivity contribution >= 4 is 17.3 Å². The van der Waals surface area contributed by atoms with Crippen molar-refractivity contribution in [2.24, 2.45) is 0 Å². The summed E-state index contributed by atoms with van der Waals surface area (Å²) in [7, 11) is 0. The van der Waals surface area contributed by atoms with E-state index in [9.17, 15) is 19.3 Å². The van der Waals surface area contributed by atoms with E-state index < -0.39 is 22.4 Å². The molecule has 18 heavy (non-hydrogen) atoms. The maximum atomic E-state index is 13.3. The molecule has 1 rings (SSSR count). The number of rotatable bonds is 6. The lowest BCUT2D eigenvalue weighted by Gasteiger charge is -2.14. The van der Waals surface area contributed by atoms with Crippen LogP contribution in [0.25, 0.3) is 0 Å². The molecule has 1 atom stereocenters. The quantitative estimate of drug-likeness (QED) is 0.602. The van der Waals surface area contributed by atoms with Gasteiger partial charge in [0.1, 0.15) is 5.69 Å². The van der Waals surface area contributed by atoms with Crippen molar-refractivity contribution in [2.45, 2.75) is 25.8 Å². The van der Waals surface area contributed by atoms with Gasteiger partial charge in [0.2, 0.25) is 5.82 Å². The maximum absolute atomic E-state index is 13.3. The molecule has 7 heteroatoms. The summed E-state index contributed by atoms with van der Waals surface area (Å²) in [6.07, 6.45) is 0.236. The van der Waals surface area contributed by atoms with Crippen LogP contribution in [0.3, 0.4) is 0 Å². The topological polar surface area (TPSA) is 92.5 Å². The summed E-state index contributed by atoms with van der Waals surface area (Å²) in [5.74, 6) is -1.87. The fraction of sp³-hybridized carbons (Fsp3) is 0.364. The number of carboxylic acids is 1. The van der Waals surface area contributed by atoms with E-state index in [0.717, 1.165) is 6.07 Å². The standard InChI is InChI=1S/C11H13FN2O4/c1-7(5-6-10(15)16)13-9-4-2-3-8(12)11(9)14(17)18/h2-4,7,13H,5-6H2,1H3,(H,15,16). The average Bonchev–Trinajstić information content (AvgIpc) is 2.26. The van der Waals surface area contributed by atoms with Crippen LogP contribution < -0.4 is 5.32 Å². The number of halogens is 1. The van der Waals surface area contributed by atoms with Gasteiger partial charge in [-0.15, -0.1) is 0 Å². The lowest BCUT2D eigenvalue weighted by Crippen LogP contribution is -2.17. The van der Waals surface area contributed by atoms with E-state index in [0.29, 0.717) is 6.42 Å². The van der Waals surface area contributed by atoms with Crippen LogP contribution in [-0.4, -0.2) is 22.0 Å². The van der Waals surface area contributed by atoms with Crippen molar-refractivity contribution in [1.82, 2.24) is 0 Å². The van der Waals surface area contributed by atoms with Crippen molar-refractivity contribution in [3.63, 3.8) is 0 Å². The molecule has 0 bridgehead atoms. The second-order valence-electron chi connectivity index (χ2n) is 3.87. The molecule has 0 saturated carbocycles. The van der Waals surface area contributed by atoms with Crippen LogP contribution in [-0.2, 0) is 4.79 Å². The second kappa shape index (κ2) is 5.95. The highest BCUT2D eigenvalue weighted by Gasteiger charge is 2.20. The number of benzene rings is 1. The maximum Gasteiger partial charge on any atom is 0.327 e. The first-order valence-corrected chi connectivity index (χ1v) is 5.33. The predicted molar refractivity (Wildman–Crippen MR) is 63.0 cm³/mol. The molecule has 1 aromatic rings. The molecule has 1 aromatic carbocycles. The fourth-order valence-corrected chi connectivity index (χ4v) is 1.49. The zero-order valence-electron chi connectivity index (χ0n) is 9.72. The summed E-state index contributed by atoms with van der Waals surface area (Å²) < 4.78 is 13.3. The Bertz CT molecular complexity index is 464. The van der Waals surface area contributed by atoms with E-state index in [1.165, 1.54) is 12.1 Å². The number of nitro groups is 1. The molecule has 1 unspecified atom stereocenters. The number of hydrogen-bond acceptors (Lipinski definition) is 4. The van der Waals surface area contributed by atoms with Crippen molar-refractivity contribution in [1.29, 1.82) is 0 Å². The molecule has 0 aliphatic carbocycles. The number of nitro benzene ring substituents is 1. The molecule has 0 radical (unpaired) electrons. The van der Waals surface area contributed by atoms with E-state index in [-0.39, 0.29) is 18.2 Å². The van der Waals surface area contributed by atoms with Gasteiger partial charge >= 0.3 is 11.7 Å². The third kappa shape index (κ3) is 3.69. The van der Waals surface area contributed by atoms with Crippen LogP contribution in [0.4, 0.5) is 15.8 Å². The minimum absolute atomic E-state index is 0.0536. The minimum atomic E-state index is -0.947. The van der Waals surface area contributed by atoms with Gasteiger partial charge in [0, 0.05) is 12.5 Å². The van der Waals surface area contributed by atoms with Gasteiger partial charge in [-0.25, -0.2) is 0 Å². The second-order valence-corrected chi connectivity index (χ2v) is 3.87. The Balaban J connectivity index is 2.81. The summed E-state index contributed by atoms with van der Waals surface area (Å²) in [6, 6.07) is 3.44. The number of aliphatic carboxylic acids is 1. The first-order chi connectivity index (χ1) is 8.41. The van der Waals surface area contributed by atoms with Crippen molar-refractivity contribution in [2.75, 3.05) is 5.32 Å². The third-order valence-electron chi connectivity index (χ3n) is 2.36. The average molecular weight is 256 g/mol. The van der Waals surface area contributed by atoms with Gasteiger partial charge in [-0.1, -0.05) is 6.07 Å². The minimum Gasteiger partial charge on any atom is -0.481 e. The Morgan fingerprint density at radius 1 is 1.61 bits per heavy atom. The molecule has 0 spiro atoms. The molecular weight excluding hydrogens is 243 g/mol. The Hall–Kier alpha value is -2.18. The highest BCUT2D eigenvalue weighted by Crippen LogP contribution is 2.28. The highest BCUT2D eigenvalue weighted by atomic mass is 19.1. The summed E-state index contributed by atoms with van der Waals surface area (Å²) in [5.41, 5.74) is -0.572. The number of hydrogen-bond donors (Lipinski definition) is 2. The van der Waals surface area contributed by atoms with Crippen LogP contribution in [0.1, 0.15) is 19.8 Å². The molecule has 0 aliphatic heterocycles. The summed E-state index contributed by atoms with van der Waals surface area (Å²) in [4.78, 5) is 20.3. The van der Waals surface area contributed by atoms with Gasteiger partial charge in [-0.05, 0) is 25.5 Å². The fourth-order valence-electron chi connectivity index (χ4n) is 1.49.